The average molecular weight is 411 g/mol. The van der Waals surface area contributed by atoms with Crippen molar-refractivity contribution in [2.45, 2.75) is 56.9 Å². The molecule has 7 nitrogen and oxygen atoms in total. The molecule has 2 aliphatic heterocycles. The Morgan fingerprint density at radius 2 is 1.57 bits per heavy atom. The average Bonchev–Trinajstić information content (AvgIpc) is 3.63. The van der Waals surface area contributed by atoms with E-state index in [2.05, 4.69) is 15.5 Å². The van der Waals surface area contributed by atoms with Crippen LogP contribution in [0.15, 0.2) is 24.3 Å². The van der Waals surface area contributed by atoms with Crippen LogP contribution < -0.4 is 15.5 Å². The minimum absolute atomic E-state index is 0.204. The fourth-order valence-corrected chi connectivity index (χ4v) is 5.15. The van der Waals surface area contributed by atoms with Crippen molar-refractivity contribution in [2.75, 3.05) is 29.9 Å². The first-order valence-electron chi connectivity index (χ1n) is 11.4. The molecule has 4 aliphatic rings. The second-order valence-electron chi connectivity index (χ2n) is 9.24. The van der Waals surface area contributed by atoms with E-state index in [0.717, 1.165) is 43.7 Å². The maximum absolute atomic E-state index is 13.1. The van der Waals surface area contributed by atoms with Crippen LogP contribution in [0.4, 0.5) is 16.2 Å². The van der Waals surface area contributed by atoms with Crippen LogP contribution in [0, 0.1) is 11.8 Å². The third kappa shape index (κ3) is 3.55. The number of benzene rings is 1. The molecule has 2 heterocycles. The van der Waals surface area contributed by atoms with Gasteiger partial charge in [0.25, 0.3) is 5.91 Å². The molecule has 30 heavy (non-hydrogen) atoms. The van der Waals surface area contributed by atoms with Crippen LogP contribution in [-0.2, 0) is 9.59 Å². The molecule has 1 aromatic rings. The van der Waals surface area contributed by atoms with Gasteiger partial charge in [0.2, 0.25) is 5.91 Å². The number of rotatable bonds is 6. The molecule has 0 spiro atoms. The number of carbonyl (C=O) groups excluding carboxylic acids is 3. The molecule has 5 rings (SSSR count). The van der Waals surface area contributed by atoms with Gasteiger partial charge in [-0.2, -0.15) is 0 Å². The number of hydrogen-bond donors (Lipinski definition) is 2. The molecule has 4 amide bonds. The molecule has 1 aromatic carbocycles. The lowest BCUT2D eigenvalue weighted by atomic mass is 9.87. The van der Waals surface area contributed by atoms with Gasteiger partial charge in [0.1, 0.15) is 12.1 Å². The maximum atomic E-state index is 13.1. The van der Waals surface area contributed by atoms with Crippen LogP contribution in [0.3, 0.4) is 0 Å². The summed E-state index contributed by atoms with van der Waals surface area (Å²) in [5, 5.41) is 5.80. The van der Waals surface area contributed by atoms with E-state index in [1.807, 2.05) is 24.3 Å². The number of urea groups is 1. The molecule has 4 fully saturated rings. The van der Waals surface area contributed by atoms with Gasteiger partial charge >= 0.3 is 6.03 Å². The van der Waals surface area contributed by atoms with Crippen molar-refractivity contribution in [2.24, 2.45) is 11.8 Å². The molecule has 2 aliphatic carbocycles. The van der Waals surface area contributed by atoms with Gasteiger partial charge in [-0.1, -0.05) is 12.8 Å². The van der Waals surface area contributed by atoms with Crippen molar-refractivity contribution in [1.82, 2.24) is 10.2 Å². The molecule has 0 aromatic heterocycles. The van der Waals surface area contributed by atoms with E-state index in [4.69, 9.17) is 0 Å². The van der Waals surface area contributed by atoms with Gasteiger partial charge < -0.3 is 15.5 Å². The molecule has 2 saturated carbocycles. The molecule has 0 atom stereocenters. The summed E-state index contributed by atoms with van der Waals surface area (Å²) in [6.07, 6.45) is 8.92. The van der Waals surface area contributed by atoms with Gasteiger partial charge in [-0.3, -0.25) is 14.5 Å². The predicted octanol–water partition coefficient (Wildman–Crippen LogP) is 3.12. The summed E-state index contributed by atoms with van der Waals surface area (Å²) in [6.45, 7) is 1.91. The molecular weight excluding hydrogens is 380 g/mol. The quantitative estimate of drug-likeness (QED) is 0.706. The summed E-state index contributed by atoms with van der Waals surface area (Å²) in [5.74, 6) is -0.0744. The Bertz CT molecular complexity index is 825. The van der Waals surface area contributed by atoms with Crippen LogP contribution in [0.2, 0.25) is 0 Å². The summed E-state index contributed by atoms with van der Waals surface area (Å²) in [6, 6.07) is 7.41. The second-order valence-corrected chi connectivity index (χ2v) is 9.24. The van der Waals surface area contributed by atoms with Crippen LogP contribution in [-0.4, -0.2) is 47.9 Å². The first kappa shape index (κ1) is 19.4. The third-order valence-electron chi connectivity index (χ3n) is 7.02. The van der Waals surface area contributed by atoms with Crippen molar-refractivity contribution < 1.29 is 14.4 Å². The highest BCUT2D eigenvalue weighted by Crippen LogP contribution is 2.54. The first-order valence-corrected chi connectivity index (χ1v) is 11.4. The fourth-order valence-electron chi connectivity index (χ4n) is 5.15. The summed E-state index contributed by atoms with van der Waals surface area (Å²) < 4.78 is 0. The largest absolute Gasteiger partial charge is 0.372 e. The highest BCUT2D eigenvalue weighted by atomic mass is 16.2. The number of carbonyl (C=O) groups is 3. The van der Waals surface area contributed by atoms with Crippen LogP contribution in [0.5, 0.6) is 0 Å². The zero-order valence-corrected chi connectivity index (χ0v) is 17.4. The van der Waals surface area contributed by atoms with E-state index >= 15 is 0 Å². The Morgan fingerprint density at radius 3 is 2.13 bits per heavy atom. The smallest absolute Gasteiger partial charge is 0.325 e. The van der Waals surface area contributed by atoms with Gasteiger partial charge in [-0.05, 0) is 74.6 Å². The van der Waals surface area contributed by atoms with E-state index in [1.54, 1.807) is 0 Å². The molecule has 0 unspecified atom stereocenters. The standard InChI is InChI=1S/C23H30N4O3/c28-20(24-18-9-11-19(12-10-18)26-13-3-1-2-4-14-26)15-27-21(29)23(16-5-6-16,17-7-8-17)25-22(27)30/h9-12,16-17H,1-8,13-15H2,(H,24,28)(H,25,30). The van der Waals surface area contributed by atoms with E-state index < -0.39 is 11.6 Å². The van der Waals surface area contributed by atoms with Gasteiger partial charge in [0.05, 0.1) is 0 Å². The van der Waals surface area contributed by atoms with Crippen molar-refractivity contribution in [3.8, 4) is 0 Å². The molecule has 2 N–H and O–H groups in total. The minimum atomic E-state index is -0.744. The van der Waals surface area contributed by atoms with Crippen LogP contribution in [0.25, 0.3) is 0 Å². The van der Waals surface area contributed by atoms with Crippen molar-refractivity contribution >= 4 is 29.2 Å². The van der Waals surface area contributed by atoms with Gasteiger partial charge in [0, 0.05) is 24.5 Å². The topological polar surface area (TPSA) is 81.8 Å². The number of anilines is 2. The lowest BCUT2D eigenvalue weighted by Crippen LogP contribution is -2.51. The van der Waals surface area contributed by atoms with Crippen LogP contribution in [0.1, 0.15) is 51.4 Å². The summed E-state index contributed by atoms with van der Waals surface area (Å²) in [7, 11) is 0. The minimum Gasteiger partial charge on any atom is -0.372 e. The highest BCUT2D eigenvalue weighted by molar-refractivity contribution is 6.10. The Morgan fingerprint density at radius 1 is 0.967 bits per heavy atom. The van der Waals surface area contributed by atoms with Crippen molar-refractivity contribution in [1.29, 1.82) is 0 Å². The SMILES string of the molecule is O=C(CN1C(=O)NC(C2CC2)(C2CC2)C1=O)Nc1ccc(N2CCCCCC2)cc1. The number of nitrogens with zero attached hydrogens (tertiary/aromatic N) is 2. The normalized spacial score (nSPS) is 23.9. The Labute approximate surface area is 177 Å². The van der Waals surface area contributed by atoms with Gasteiger partial charge in [-0.15, -0.1) is 0 Å². The molecule has 160 valence electrons. The second kappa shape index (κ2) is 7.60. The lowest BCUT2D eigenvalue weighted by molar-refractivity contribution is -0.135. The Balaban J connectivity index is 1.21. The maximum Gasteiger partial charge on any atom is 0.325 e. The zero-order valence-electron chi connectivity index (χ0n) is 17.4. The Kier molecular flexibility index (Phi) is 4.91. The van der Waals surface area contributed by atoms with E-state index in [9.17, 15) is 14.4 Å². The fraction of sp³-hybridized carbons (Fsp3) is 0.609. The highest BCUT2D eigenvalue weighted by Gasteiger charge is 2.65. The zero-order chi connectivity index (χ0) is 20.7. The van der Waals surface area contributed by atoms with E-state index in [-0.39, 0.29) is 30.2 Å². The molecule has 7 heteroatoms. The molecule has 0 bridgehead atoms. The van der Waals surface area contributed by atoms with Crippen molar-refractivity contribution in [3.63, 3.8) is 0 Å². The molecule has 2 saturated heterocycles. The predicted molar refractivity (Wildman–Crippen MR) is 114 cm³/mol. The lowest BCUT2D eigenvalue weighted by Gasteiger charge is -2.26. The number of amides is 4. The Hall–Kier alpha value is -2.57. The van der Waals surface area contributed by atoms with Gasteiger partial charge in [0.15, 0.2) is 0 Å². The van der Waals surface area contributed by atoms with E-state index in [1.165, 1.54) is 31.4 Å². The van der Waals surface area contributed by atoms with Crippen molar-refractivity contribution in [3.05, 3.63) is 24.3 Å². The first-order chi connectivity index (χ1) is 14.6. The number of hydrogen-bond acceptors (Lipinski definition) is 4. The molecular formula is C23H30N4O3. The van der Waals surface area contributed by atoms with Gasteiger partial charge in [-0.25, -0.2) is 4.79 Å². The number of nitrogens with one attached hydrogen (secondary N) is 2. The summed E-state index contributed by atoms with van der Waals surface area (Å²) in [5.41, 5.74) is 1.11. The van der Waals surface area contributed by atoms with E-state index in [0.29, 0.717) is 5.69 Å². The number of imide groups is 1. The summed E-state index contributed by atoms with van der Waals surface area (Å²) >= 11 is 0. The molecule has 0 radical (unpaired) electrons. The van der Waals surface area contributed by atoms with Crippen LogP contribution >= 0.6 is 0 Å². The summed E-state index contributed by atoms with van der Waals surface area (Å²) in [4.78, 5) is 41.7. The monoisotopic (exact) mass is 410 g/mol. The third-order valence-corrected chi connectivity index (χ3v) is 7.02.